The maximum atomic E-state index is 5.30. The fourth-order valence-corrected chi connectivity index (χ4v) is 4.01. The summed E-state index contributed by atoms with van der Waals surface area (Å²) >= 11 is 2.01. The summed E-state index contributed by atoms with van der Waals surface area (Å²) < 4.78 is 10.5. The molecule has 1 aromatic rings. The molecule has 0 spiro atoms. The Morgan fingerprint density at radius 3 is 2.80 bits per heavy atom. The molecule has 2 rings (SSSR count). The van der Waals surface area contributed by atoms with E-state index in [1.807, 2.05) is 11.8 Å². The van der Waals surface area contributed by atoms with Crippen molar-refractivity contribution in [1.29, 1.82) is 0 Å². The van der Waals surface area contributed by atoms with Crippen molar-refractivity contribution in [3.05, 3.63) is 29.8 Å². The lowest BCUT2D eigenvalue weighted by Gasteiger charge is -2.30. The minimum Gasteiger partial charge on any atom is -0.383 e. The molecule has 2 atom stereocenters. The van der Waals surface area contributed by atoms with Gasteiger partial charge in [-0.15, -0.1) is 11.8 Å². The van der Waals surface area contributed by atoms with Crippen LogP contribution in [0.4, 0.5) is 0 Å². The molecule has 112 valence electrons. The van der Waals surface area contributed by atoms with E-state index < -0.39 is 0 Å². The highest BCUT2D eigenvalue weighted by Gasteiger charge is 2.25. The van der Waals surface area contributed by atoms with E-state index in [4.69, 9.17) is 9.47 Å². The summed E-state index contributed by atoms with van der Waals surface area (Å²) in [5.74, 6) is 0. The summed E-state index contributed by atoms with van der Waals surface area (Å²) in [6.45, 7) is 5.83. The van der Waals surface area contributed by atoms with Gasteiger partial charge < -0.3 is 9.47 Å². The van der Waals surface area contributed by atoms with E-state index >= 15 is 0 Å². The number of methoxy groups -OCH3 is 2. The van der Waals surface area contributed by atoms with Crippen molar-refractivity contribution in [2.45, 2.75) is 29.5 Å². The zero-order valence-electron chi connectivity index (χ0n) is 12.7. The van der Waals surface area contributed by atoms with Gasteiger partial charge in [-0.05, 0) is 25.0 Å². The molecule has 0 aromatic heterocycles. The fraction of sp³-hybridized carbons (Fsp3) is 0.625. The van der Waals surface area contributed by atoms with Crippen molar-refractivity contribution >= 4 is 11.8 Å². The normalized spacial score (nSPS) is 19.3. The van der Waals surface area contributed by atoms with Crippen LogP contribution in [0.2, 0.25) is 0 Å². The van der Waals surface area contributed by atoms with Crippen molar-refractivity contribution in [2.75, 3.05) is 40.5 Å². The second kappa shape index (κ2) is 8.03. The number of hydrogen-bond acceptors (Lipinski definition) is 4. The Bertz CT molecular complexity index is 388. The zero-order chi connectivity index (χ0) is 14.4. The van der Waals surface area contributed by atoms with E-state index in [1.54, 1.807) is 14.2 Å². The molecule has 1 aliphatic heterocycles. The molecule has 0 saturated heterocycles. The first-order chi connectivity index (χ1) is 9.74. The van der Waals surface area contributed by atoms with Gasteiger partial charge in [0.2, 0.25) is 0 Å². The standard InChI is InChI=1S/C16H25NO2S/c1-13(12-19-3)17(8-9-18-2)11-15-10-14-6-4-5-7-16(14)20-15/h4-7,13,15H,8-12H2,1-3H3. The molecular weight excluding hydrogens is 270 g/mol. The predicted molar refractivity (Wildman–Crippen MR) is 84.6 cm³/mol. The van der Waals surface area contributed by atoms with Crippen LogP contribution in [-0.2, 0) is 15.9 Å². The van der Waals surface area contributed by atoms with E-state index in [0.29, 0.717) is 11.3 Å². The lowest BCUT2D eigenvalue weighted by molar-refractivity contribution is 0.0755. The second-order valence-corrected chi connectivity index (χ2v) is 6.69. The summed E-state index contributed by atoms with van der Waals surface area (Å²) in [4.78, 5) is 3.93. The van der Waals surface area contributed by atoms with Crippen LogP contribution in [0, 0.1) is 0 Å². The van der Waals surface area contributed by atoms with Crippen LogP contribution in [0.3, 0.4) is 0 Å². The van der Waals surface area contributed by atoms with Gasteiger partial charge in [0.25, 0.3) is 0 Å². The number of nitrogens with zero attached hydrogens (tertiary/aromatic N) is 1. The molecule has 1 aromatic carbocycles. The first kappa shape index (κ1) is 15.8. The SMILES string of the molecule is COCCN(CC1Cc2ccccc2S1)C(C)COC. The fourth-order valence-electron chi connectivity index (χ4n) is 2.66. The van der Waals surface area contributed by atoms with Crippen LogP contribution in [-0.4, -0.2) is 56.7 Å². The molecule has 0 aliphatic carbocycles. The third kappa shape index (κ3) is 4.22. The molecule has 0 amide bonds. The van der Waals surface area contributed by atoms with Crippen molar-refractivity contribution in [3.63, 3.8) is 0 Å². The molecule has 3 nitrogen and oxygen atoms in total. The van der Waals surface area contributed by atoms with Crippen molar-refractivity contribution in [1.82, 2.24) is 4.90 Å². The molecule has 4 heteroatoms. The van der Waals surface area contributed by atoms with Crippen molar-refractivity contribution in [2.24, 2.45) is 0 Å². The summed E-state index contributed by atoms with van der Waals surface area (Å²) in [6.07, 6.45) is 1.17. The molecule has 0 saturated carbocycles. The van der Waals surface area contributed by atoms with Crippen LogP contribution < -0.4 is 0 Å². The number of fused-ring (bicyclic) bond motifs is 1. The average Bonchev–Trinajstić information content (AvgIpc) is 2.86. The van der Waals surface area contributed by atoms with E-state index in [-0.39, 0.29) is 0 Å². The Morgan fingerprint density at radius 2 is 2.10 bits per heavy atom. The molecule has 1 aliphatic rings. The summed E-state index contributed by atoms with van der Waals surface area (Å²) in [7, 11) is 3.53. The van der Waals surface area contributed by atoms with E-state index in [2.05, 4.69) is 36.1 Å². The van der Waals surface area contributed by atoms with Crippen molar-refractivity contribution < 1.29 is 9.47 Å². The van der Waals surface area contributed by atoms with Gasteiger partial charge in [-0.2, -0.15) is 0 Å². The van der Waals surface area contributed by atoms with E-state index in [0.717, 1.165) is 26.3 Å². The molecule has 0 radical (unpaired) electrons. The lowest BCUT2D eigenvalue weighted by atomic mass is 10.1. The van der Waals surface area contributed by atoms with Crippen LogP contribution in [0.15, 0.2) is 29.2 Å². The Balaban J connectivity index is 1.91. The summed E-state index contributed by atoms with van der Waals surface area (Å²) in [6, 6.07) is 9.18. The molecule has 0 fully saturated rings. The van der Waals surface area contributed by atoms with Crippen molar-refractivity contribution in [3.8, 4) is 0 Å². The topological polar surface area (TPSA) is 21.7 Å². The van der Waals surface area contributed by atoms with Crippen LogP contribution in [0.25, 0.3) is 0 Å². The predicted octanol–water partition coefficient (Wildman–Crippen LogP) is 2.69. The third-order valence-corrected chi connectivity index (χ3v) is 5.07. The lowest BCUT2D eigenvalue weighted by Crippen LogP contribution is -2.42. The quantitative estimate of drug-likeness (QED) is 0.735. The molecule has 2 unspecified atom stereocenters. The zero-order valence-corrected chi connectivity index (χ0v) is 13.5. The highest BCUT2D eigenvalue weighted by atomic mass is 32.2. The maximum absolute atomic E-state index is 5.30. The van der Waals surface area contributed by atoms with Gasteiger partial charge in [0.05, 0.1) is 13.2 Å². The first-order valence-electron chi connectivity index (χ1n) is 7.21. The van der Waals surface area contributed by atoms with Crippen LogP contribution in [0.1, 0.15) is 12.5 Å². The van der Waals surface area contributed by atoms with Crippen LogP contribution in [0.5, 0.6) is 0 Å². The molecule has 20 heavy (non-hydrogen) atoms. The molecule has 1 heterocycles. The van der Waals surface area contributed by atoms with E-state index in [1.165, 1.54) is 16.9 Å². The average molecular weight is 295 g/mol. The van der Waals surface area contributed by atoms with Gasteiger partial charge in [0.15, 0.2) is 0 Å². The first-order valence-corrected chi connectivity index (χ1v) is 8.09. The monoisotopic (exact) mass is 295 g/mol. The highest BCUT2D eigenvalue weighted by Crippen LogP contribution is 2.37. The van der Waals surface area contributed by atoms with Gasteiger partial charge in [-0.25, -0.2) is 0 Å². The Labute approximate surface area is 126 Å². The van der Waals surface area contributed by atoms with Gasteiger partial charge in [-0.3, -0.25) is 4.90 Å². The molecular formula is C16H25NO2S. The van der Waals surface area contributed by atoms with Gasteiger partial charge >= 0.3 is 0 Å². The second-order valence-electron chi connectivity index (χ2n) is 5.34. The number of hydrogen-bond donors (Lipinski definition) is 0. The van der Waals surface area contributed by atoms with Gasteiger partial charge in [-0.1, -0.05) is 18.2 Å². The maximum Gasteiger partial charge on any atom is 0.0615 e. The molecule has 0 bridgehead atoms. The Morgan fingerprint density at radius 1 is 1.30 bits per heavy atom. The number of ether oxygens (including phenoxy) is 2. The highest BCUT2D eigenvalue weighted by molar-refractivity contribution is 8.00. The number of thioether (sulfide) groups is 1. The minimum absolute atomic E-state index is 0.430. The molecule has 0 N–H and O–H groups in total. The van der Waals surface area contributed by atoms with E-state index in [9.17, 15) is 0 Å². The number of rotatable bonds is 8. The minimum atomic E-state index is 0.430. The Kier molecular flexibility index (Phi) is 6.36. The smallest absolute Gasteiger partial charge is 0.0615 e. The van der Waals surface area contributed by atoms with Crippen LogP contribution >= 0.6 is 11.8 Å². The van der Waals surface area contributed by atoms with Gasteiger partial charge in [0.1, 0.15) is 0 Å². The van der Waals surface area contributed by atoms with Gasteiger partial charge in [0, 0.05) is 43.5 Å². The Hall–Kier alpha value is -0.550. The largest absolute Gasteiger partial charge is 0.383 e. The summed E-state index contributed by atoms with van der Waals surface area (Å²) in [5.41, 5.74) is 1.49. The summed E-state index contributed by atoms with van der Waals surface area (Å²) in [5, 5.41) is 0.642. The number of benzene rings is 1. The third-order valence-electron chi connectivity index (χ3n) is 3.77.